The SMILES string of the molecule is CCCSc1ccccc1C(=O)Nc1ccccc1C(C)C. The highest BCUT2D eigenvalue weighted by Gasteiger charge is 2.14. The average molecular weight is 313 g/mol. The van der Waals surface area contributed by atoms with Crippen LogP contribution in [0.25, 0.3) is 0 Å². The minimum absolute atomic E-state index is 0.0349. The lowest BCUT2D eigenvalue weighted by Crippen LogP contribution is -2.14. The number of carbonyl (C=O) groups excluding carboxylic acids is 1. The van der Waals surface area contributed by atoms with Crippen molar-refractivity contribution in [3.8, 4) is 0 Å². The molecule has 2 aromatic carbocycles. The summed E-state index contributed by atoms with van der Waals surface area (Å²) in [5, 5.41) is 3.07. The van der Waals surface area contributed by atoms with Crippen molar-refractivity contribution in [2.24, 2.45) is 0 Å². The van der Waals surface area contributed by atoms with Gasteiger partial charge in [0.2, 0.25) is 0 Å². The Kier molecular flexibility index (Phi) is 6.08. The van der Waals surface area contributed by atoms with Gasteiger partial charge in [0.15, 0.2) is 0 Å². The minimum atomic E-state index is -0.0349. The highest BCUT2D eigenvalue weighted by atomic mass is 32.2. The van der Waals surface area contributed by atoms with Crippen LogP contribution in [0.15, 0.2) is 53.4 Å². The molecule has 0 atom stereocenters. The van der Waals surface area contributed by atoms with Crippen molar-refractivity contribution in [1.29, 1.82) is 0 Å². The molecule has 0 aromatic heterocycles. The first-order valence-electron chi connectivity index (χ1n) is 7.75. The van der Waals surface area contributed by atoms with Crippen LogP contribution in [0.2, 0.25) is 0 Å². The second-order valence-corrected chi connectivity index (χ2v) is 6.68. The molecule has 22 heavy (non-hydrogen) atoms. The molecule has 0 unspecified atom stereocenters. The molecule has 2 rings (SSSR count). The van der Waals surface area contributed by atoms with Crippen LogP contribution in [0.3, 0.4) is 0 Å². The van der Waals surface area contributed by atoms with Gasteiger partial charge in [-0.15, -0.1) is 11.8 Å². The van der Waals surface area contributed by atoms with E-state index < -0.39 is 0 Å². The fourth-order valence-corrected chi connectivity index (χ4v) is 3.21. The molecular weight excluding hydrogens is 290 g/mol. The van der Waals surface area contributed by atoms with E-state index in [-0.39, 0.29) is 5.91 Å². The Labute approximate surface area is 137 Å². The highest BCUT2D eigenvalue weighted by Crippen LogP contribution is 2.27. The number of para-hydroxylation sites is 1. The van der Waals surface area contributed by atoms with E-state index in [0.29, 0.717) is 5.92 Å². The maximum atomic E-state index is 12.6. The maximum absolute atomic E-state index is 12.6. The Balaban J connectivity index is 2.23. The molecule has 0 aliphatic heterocycles. The van der Waals surface area contributed by atoms with E-state index in [1.165, 1.54) is 0 Å². The monoisotopic (exact) mass is 313 g/mol. The van der Waals surface area contributed by atoms with Crippen LogP contribution in [-0.4, -0.2) is 11.7 Å². The van der Waals surface area contributed by atoms with Gasteiger partial charge in [-0.25, -0.2) is 0 Å². The van der Waals surface area contributed by atoms with Crippen molar-refractivity contribution in [2.45, 2.75) is 38.0 Å². The number of thioether (sulfide) groups is 1. The molecule has 0 fully saturated rings. The maximum Gasteiger partial charge on any atom is 0.256 e. The predicted molar refractivity (Wildman–Crippen MR) is 95.9 cm³/mol. The van der Waals surface area contributed by atoms with Gasteiger partial charge in [-0.1, -0.05) is 51.1 Å². The minimum Gasteiger partial charge on any atom is -0.322 e. The summed E-state index contributed by atoms with van der Waals surface area (Å²) in [5.41, 5.74) is 2.81. The fraction of sp³-hybridized carbons (Fsp3) is 0.316. The zero-order valence-electron chi connectivity index (χ0n) is 13.4. The quantitative estimate of drug-likeness (QED) is 0.707. The van der Waals surface area contributed by atoms with Crippen LogP contribution in [-0.2, 0) is 0 Å². The summed E-state index contributed by atoms with van der Waals surface area (Å²) in [6.07, 6.45) is 1.09. The third-order valence-electron chi connectivity index (χ3n) is 3.42. The van der Waals surface area contributed by atoms with Gasteiger partial charge < -0.3 is 5.32 Å². The molecule has 0 saturated carbocycles. The van der Waals surface area contributed by atoms with Gasteiger partial charge in [0.25, 0.3) is 5.91 Å². The lowest BCUT2D eigenvalue weighted by molar-refractivity contribution is 0.102. The number of nitrogens with one attached hydrogen (secondary N) is 1. The first kappa shape index (κ1) is 16.6. The van der Waals surface area contributed by atoms with Gasteiger partial charge in [0.1, 0.15) is 0 Å². The lowest BCUT2D eigenvalue weighted by atomic mass is 10.0. The van der Waals surface area contributed by atoms with Crippen LogP contribution in [0, 0.1) is 0 Å². The summed E-state index contributed by atoms with van der Waals surface area (Å²) in [6, 6.07) is 15.8. The number of amides is 1. The second kappa shape index (κ2) is 8.04. The Hall–Kier alpha value is -1.74. The number of carbonyl (C=O) groups is 1. The van der Waals surface area contributed by atoms with E-state index in [4.69, 9.17) is 0 Å². The number of benzene rings is 2. The van der Waals surface area contributed by atoms with Gasteiger partial charge in [0, 0.05) is 10.6 Å². The van der Waals surface area contributed by atoms with E-state index in [1.807, 2.05) is 42.5 Å². The van der Waals surface area contributed by atoms with Crippen LogP contribution in [0.1, 0.15) is 49.0 Å². The molecule has 1 N–H and O–H groups in total. The predicted octanol–water partition coefficient (Wildman–Crippen LogP) is 5.56. The molecule has 0 bridgehead atoms. The second-order valence-electron chi connectivity index (χ2n) is 5.54. The van der Waals surface area contributed by atoms with E-state index in [9.17, 15) is 4.79 Å². The first-order chi connectivity index (χ1) is 10.6. The molecule has 0 radical (unpaired) electrons. The van der Waals surface area contributed by atoms with Crippen LogP contribution >= 0.6 is 11.8 Å². The van der Waals surface area contributed by atoms with Crippen LogP contribution < -0.4 is 5.32 Å². The molecule has 0 aliphatic rings. The average Bonchev–Trinajstić information content (AvgIpc) is 2.53. The number of hydrogen-bond donors (Lipinski definition) is 1. The standard InChI is InChI=1S/C19H23NOS/c1-4-13-22-18-12-8-6-10-16(18)19(21)20-17-11-7-5-9-15(17)14(2)3/h5-12,14H,4,13H2,1-3H3,(H,20,21). The molecule has 116 valence electrons. The largest absolute Gasteiger partial charge is 0.322 e. The summed E-state index contributed by atoms with van der Waals surface area (Å²) in [4.78, 5) is 13.7. The molecule has 0 saturated heterocycles. The fourth-order valence-electron chi connectivity index (χ4n) is 2.30. The van der Waals surface area contributed by atoms with Crippen LogP contribution in [0.4, 0.5) is 5.69 Å². The van der Waals surface area contributed by atoms with Crippen molar-refractivity contribution < 1.29 is 4.79 Å². The molecular formula is C19H23NOS. The topological polar surface area (TPSA) is 29.1 Å². The van der Waals surface area contributed by atoms with Gasteiger partial charge in [0.05, 0.1) is 5.56 Å². The summed E-state index contributed by atoms with van der Waals surface area (Å²) in [5.74, 6) is 1.36. The Morgan fingerprint density at radius 1 is 1.09 bits per heavy atom. The van der Waals surface area contributed by atoms with E-state index in [1.54, 1.807) is 11.8 Å². The van der Waals surface area contributed by atoms with E-state index >= 15 is 0 Å². The highest BCUT2D eigenvalue weighted by molar-refractivity contribution is 7.99. The van der Waals surface area contributed by atoms with Gasteiger partial charge in [-0.05, 0) is 41.9 Å². The molecule has 2 nitrogen and oxygen atoms in total. The first-order valence-corrected chi connectivity index (χ1v) is 8.74. The Bertz CT molecular complexity index is 637. The summed E-state index contributed by atoms with van der Waals surface area (Å²) >= 11 is 1.74. The number of anilines is 1. The molecule has 0 spiro atoms. The molecule has 2 aromatic rings. The Morgan fingerprint density at radius 2 is 1.77 bits per heavy atom. The molecule has 0 aliphatic carbocycles. The third kappa shape index (κ3) is 4.14. The van der Waals surface area contributed by atoms with Crippen LogP contribution in [0.5, 0.6) is 0 Å². The summed E-state index contributed by atoms with van der Waals surface area (Å²) < 4.78 is 0. The smallest absolute Gasteiger partial charge is 0.256 e. The van der Waals surface area contributed by atoms with Crippen molar-refractivity contribution >= 4 is 23.4 Å². The van der Waals surface area contributed by atoms with Gasteiger partial charge in [-0.3, -0.25) is 4.79 Å². The van der Waals surface area contributed by atoms with Crippen molar-refractivity contribution in [2.75, 3.05) is 11.1 Å². The normalized spacial score (nSPS) is 10.7. The lowest BCUT2D eigenvalue weighted by Gasteiger charge is -2.15. The molecule has 0 heterocycles. The summed E-state index contributed by atoms with van der Waals surface area (Å²) in [6.45, 7) is 6.42. The zero-order chi connectivity index (χ0) is 15.9. The molecule has 3 heteroatoms. The van der Waals surface area contributed by atoms with E-state index in [0.717, 1.165) is 33.9 Å². The van der Waals surface area contributed by atoms with Gasteiger partial charge in [-0.2, -0.15) is 0 Å². The van der Waals surface area contributed by atoms with Crippen molar-refractivity contribution in [1.82, 2.24) is 0 Å². The van der Waals surface area contributed by atoms with Crippen molar-refractivity contribution in [3.63, 3.8) is 0 Å². The zero-order valence-corrected chi connectivity index (χ0v) is 14.2. The number of hydrogen-bond acceptors (Lipinski definition) is 2. The van der Waals surface area contributed by atoms with Crippen molar-refractivity contribution in [3.05, 3.63) is 59.7 Å². The van der Waals surface area contributed by atoms with Gasteiger partial charge >= 0.3 is 0 Å². The summed E-state index contributed by atoms with van der Waals surface area (Å²) in [7, 11) is 0. The molecule has 1 amide bonds. The third-order valence-corrected chi connectivity index (χ3v) is 4.70. The number of rotatable bonds is 6. The Morgan fingerprint density at radius 3 is 2.50 bits per heavy atom. The van der Waals surface area contributed by atoms with E-state index in [2.05, 4.69) is 32.2 Å².